The van der Waals surface area contributed by atoms with E-state index in [1.165, 1.54) is 6.08 Å². The molecular formula is C17H20O4. The molecular weight excluding hydrogens is 268 g/mol. The fourth-order valence-electron chi connectivity index (χ4n) is 3.05. The van der Waals surface area contributed by atoms with Gasteiger partial charge < -0.3 is 10.2 Å². The third-order valence-corrected chi connectivity index (χ3v) is 4.56. The van der Waals surface area contributed by atoms with Crippen molar-refractivity contribution in [2.75, 3.05) is 0 Å². The van der Waals surface area contributed by atoms with E-state index in [4.69, 9.17) is 5.11 Å². The highest BCUT2D eigenvalue weighted by Gasteiger charge is 2.67. The first-order valence-corrected chi connectivity index (χ1v) is 7.16. The second-order valence-corrected chi connectivity index (χ2v) is 6.12. The van der Waals surface area contributed by atoms with Gasteiger partial charge in [0.1, 0.15) is 0 Å². The quantitative estimate of drug-likeness (QED) is 0.616. The van der Waals surface area contributed by atoms with Crippen LogP contribution in [0.1, 0.15) is 40.0 Å². The maximum absolute atomic E-state index is 11.8. The highest BCUT2D eigenvalue weighted by molar-refractivity contribution is 5.98. The van der Waals surface area contributed by atoms with Crippen molar-refractivity contribution in [3.8, 4) is 11.8 Å². The van der Waals surface area contributed by atoms with E-state index < -0.39 is 17.0 Å². The van der Waals surface area contributed by atoms with Crippen LogP contribution in [0.15, 0.2) is 23.3 Å². The summed E-state index contributed by atoms with van der Waals surface area (Å²) < 4.78 is 0. The number of aliphatic carboxylic acids is 1. The summed E-state index contributed by atoms with van der Waals surface area (Å²) in [6.45, 7) is 5.50. The van der Waals surface area contributed by atoms with Gasteiger partial charge >= 0.3 is 5.97 Å². The summed E-state index contributed by atoms with van der Waals surface area (Å²) in [5.41, 5.74) is -0.862. The van der Waals surface area contributed by atoms with Crippen LogP contribution in [0.4, 0.5) is 0 Å². The van der Waals surface area contributed by atoms with E-state index >= 15 is 0 Å². The normalized spacial score (nSPS) is 34.5. The van der Waals surface area contributed by atoms with E-state index in [0.29, 0.717) is 24.0 Å². The van der Waals surface area contributed by atoms with Crippen molar-refractivity contribution in [1.82, 2.24) is 0 Å². The van der Waals surface area contributed by atoms with Crippen molar-refractivity contribution in [3.05, 3.63) is 23.3 Å². The van der Waals surface area contributed by atoms with E-state index in [-0.39, 0.29) is 11.7 Å². The van der Waals surface area contributed by atoms with Gasteiger partial charge in [0.2, 0.25) is 0 Å². The van der Waals surface area contributed by atoms with Crippen LogP contribution in [-0.2, 0) is 9.59 Å². The zero-order chi connectivity index (χ0) is 15.8. The lowest BCUT2D eigenvalue weighted by atomic mass is 9.74. The molecule has 0 radical (unpaired) electrons. The molecule has 0 saturated heterocycles. The molecule has 2 aliphatic rings. The Morgan fingerprint density at radius 1 is 1.57 bits per heavy atom. The molecule has 4 heteroatoms. The molecule has 3 unspecified atom stereocenters. The molecule has 112 valence electrons. The fraction of sp³-hybridized carbons (Fsp3) is 0.529. The third kappa shape index (κ3) is 2.54. The van der Waals surface area contributed by atoms with E-state index in [1.54, 1.807) is 6.92 Å². The van der Waals surface area contributed by atoms with Crippen LogP contribution in [-0.4, -0.2) is 27.6 Å². The summed E-state index contributed by atoms with van der Waals surface area (Å²) in [5.74, 6) is 4.51. The standard InChI is InChI=1S/C17H20O4/c1-4-5-12(9-15(19)20)6-7-17(21)11(2)8-14(18)13-10-16(13,17)3/h8-9,13,21H,4-5,10H2,1-3H3,(H,19,20)/b12-9+. The van der Waals surface area contributed by atoms with Gasteiger partial charge in [-0.3, -0.25) is 4.79 Å². The van der Waals surface area contributed by atoms with Gasteiger partial charge in [-0.2, -0.15) is 0 Å². The second kappa shape index (κ2) is 5.16. The molecule has 2 rings (SSSR count). The smallest absolute Gasteiger partial charge is 0.329 e. The van der Waals surface area contributed by atoms with Crippen molar-refractivity contribution >= 4 is 11.8 Å². The Kier molecular flexibility index (Phi) is 3.81. The number of allylic oxidation sites excluding steroid dienone is 2. The van der Waals surface area contributed by atoms with E-state index in [2.05, 4.69) is 11.8 Å². The number of carbonyl (C=O) groups is 2. The lowest BCUT2D eigenvalue weighted by Crippen LogP contribution is -2.42. The third-order valence-electron chi connectivity index (χ3n) is 4.56. The summed E-state index contributed by atoms with van der Waals surface area (Å²) in [6.07, 6.45) is 4.50. The monoisotopic (exact) mass is 288 g/mol. The highest BCUT2D eigenvalue weighted by atomic mass is 16.4. The first-order valence-electron chi connectivity index (χ1n) is 7.16. The number of hydrogen-bond acceptors (Lipinski definition) is 3. The van der Waals surface area contributed by atoms with Crippen molar-refractivity contribution < 1.29 is 19.8 Å². The van der Waals surface area contributed by atoms with Gasteiger partial charge in [-0.1, -0.05) is 32.1 Å². The molecule has 0 bridgehead atoms. The van der Waals surface area contributed by atoms with Crippen LogP contribution < -0.4 is 0 Å². The first-order chi connectivity index (χ1) is 9.74. The molecule has 0 aliphatic heterocycles. The van der Waals surface area contributed by atoms with E-state index in [9.17, 15) is 14.7 Å². The Morgan fingerprint density at radius 2 is 2.24 bits per heavy atom. The zero-order valence-corrected chi connectivity index (χ0v) is 12.6. The number of carboxylic acids is 1. The Labute approximate surface area is 124 Å². The predicted molar refractivity (Wildman–Crippen MR) is 78.3 cm³/mol. The molecule has 3 atom stereocenters. The Hall–Kier alpha value is -1.86. The lowest BCUT2D eigenvalue weighted by Gasteiger charge is -2.34. The maximum atomic E-state index is 11.8. The number of carbonyl (C=O) groups excluding carboxylic acids is 1. The summed E-state index contributed by atoms with van der Waals surface area (Å²) >= 11 is 0. The first kappa shape index (κ1) is 15.5. The van der Waals surface area contributed by atoms with Gasteiger partial charge in [0.25, 0.3) is 0 Å². The Bertz CT molecular complexity index is 616. The summed E-state index contributed by atoms with van der Waals surface area (Å²) in [4.78, 5) is 22.6. The summed E-state index contributed by atoms with van der Waals surface area (Å²) in [5, 5.41) is 19.8. The number of hydrogen-bond donors (Lipinski definition) is 2. The molecule has 4 nitrogen and oxygen atoms in total. The van der Waals surface area contributed by atoms with Gasteiger partial charge in [-0.25, -0.2) is 4.79 Å². The predicted octanol–water partition coefficient (Wildman–Crippen LogP) is 2.09. The van der Waals surface area contributed by atoms with E-state index in [0.717, 1.165) is 12.5 Å². The number of ketones is 1. The van der Waals surface area contributed by atoms with Gasteiger partial charge in [-0.05, 0) is 31.4 Å². The Morgan fingerprint density at radius 3 is 2.81 bits per heavy atom. The highest BCUT2D eigenvalue weighted by Crippen LogP contribution is 2.63. The molecule has 0 spiro atoms. The van der Waals surface area contributed by atoms with Crippen molar-refractivity contribution in [1.29, 1.82) is 0 Å². The summed E-state index contributed by atoms with van der Waals surface area (Å²) in [7, 11) is 0. The van der Waals surface area contributed by atoms with Gasteiger partial charge in [0.05, 0.1) is 0 Å². The fourth-order valence-corrected chi connectivity index (χ4v) is 3.05. The van der Waals surface area contributed by atoms with Crippen molar-refractivity contribution in [3.63, 3.8) is 0 Å². The van der Waals surface area contributed by atoms with Crippen LogP contribution in [0, 0.1) is 23.2 Å². The zero-order valence-electron chi connectivity index (χ0n) is 12.6. The average Bonchev–Trinajstić information content (AvgIpc) is 3.08. The van der Waals surface area contributed by atoms with Crippen LogP contribution in [0.25, 0.3) is 0 Å². The average molecular weight is 288 g/mol. The molecule has 0 aromatic carbocycles. The lowest BCUT2D eigenvalue weighted by molar-refractivity contribution is -0.131. The topological polar surface area (TPSA) is 74.6 Å². The number of aliphatic hydroxyl groups is 1. The molecule has 2 aliphatic carbocycles. The SMILES string of the molecule is CCC/C(C#CC1(O)C(C)=CC(=O)C2CC21C)=C\C(=O)O. The molecule has 1 saturated carbocycles. The second-order valence-electron chi connectivity index (χ2n) is 6.12. The largest absolute Gasteiger partial charge is 0.478 e. The van der Waals surface area contributed by atoms with E-state index in [1.807, 2.05) is 13.8 Å². The van der Waals surface area contributed by atoms with Crippen molar-refractivity contribution in [2.24, 2.45) is 11.3 Å². The summed E-state index contributed by atoms with van der Waals surface area (Å²) in [6, 6.07) is 0. The molecule has 0 aromatic rings. The van der Waals surface area contributed by atoms with Crippen LogP contribution in [0.2, 0.25) is 0 Å². The van der Waals surface area contributed by atoms with Crippen molar-refractivity contribution in [2.45, 2.75) is 45.6 Å². The number of rotatable bonds is 3. The van der Waals surface area contributed by atoms with Crippen LogP contribution >= 0.6 is 0 Å². The number of carboxylic acid groups (broad SMARTS) is 1. The molecule has 0 heterocycles. The van der Waals surface area contributed by atoms with Crippen LogP contribution in [0.3, 0.4) is 0 Å². The molecule has 1 fully saturated rings. The Balaban J connectivity index is 2.38. The van der Waals surface area contributed by atoms with Gasteiger partial charge in [0.15, 0.2) is 11.4 Å². The molecule has 2 N–H and O–H groups in total. The number of fused-ring (bicyclic) bond motifs is 1. The van der Waals surface area contributed by atoms with Crippen LogP contribution in [0.5, 0.6) is 0 Å². The molecule has 0 amide bonds. The van der Waals surface area contributed by atoms with Gasteiger partial charge in [-0.15, -0.1) is 0 Å². The minimum Gasteiger partial charge on any atom is -0.478 e. The maximum Gasteiger partial charge on any atom is 0.329 e. The minimum absolute atomic E-state index is 0.0522. The molecule has 21 heavy (non-hydrogen) atoms. The molecule has 0 aromatic heterocycles. The van der Waals surface area contributed by atoms with Gasteiger partial charge in [0, 0.05) is 23.0 Å². The minimum atomic E-state index is -1.35.